The predicted molar refractivity (Wildman–Crippen MR) is 136 cm³/mol. The van der Waals surface area contributed by atoms with E-state index in [2.05, 4.69) is 46.9 Å². The summed E-state index contributed by atoms with van der Waals surface area (Å²) in [6.07, 6.45) is 5.55. The standard InChI is InChI=1S/C22H36O4SSi.CH2Cl2/c1-15-13-19(23)17(18(15)14-26-28(6,7)22(2,3)4)10-8-9-16-11-12-20(27-16)21(24)25-5;2-1-3/h8-9,11-12,15,17-19,23H,10,13-14H2,1-7H3;1H2/t15-,17-,18+,19+;/m1./s1. The fourth-order valence-electron chi connectivity index (χ4n) is 3.57. The summed E-state index contributed by atoms with van der Waals surface area (Å²) < 4.78 is 11.2. The number of hydrogen-bond donors (Lipinski definition) is 1. The first-order valence-electron chi connectivity index (χ1n) is 10.7. The molecule has 0 saturated heterocycles. The zero-order valence-corrected chi connectivity index (χ0v) is 23.1. The number of esters is 1. The van der Waals surface area contributed by atoms with Crippen LogP contribution in [0.5, 0.6) is 0 Å². The third-order valence-corrected chi connectivity index (χ3v) is 12.1. The first-order valence-corrected chi connectivity index (χ1v) is 15.5. The third-order valence-electron chi connectivity index (χ3n) is 6.53. The van der Waals surface area contributed by atoms with Gasteiger partial charge in [0.2, 0.25) is 0 Å². The molecule has 31 heavy (non-hydrogen) atoms. The minimum atomic E-state index is -1.79. The highest BCUT2D eigenvalue weighted by molar-refractivity contribution is 7.14. The molecule has 1 heterocycles. The summed E-state index contributed by atoms with van der Waals surface area (Å²) in [6, 6.07) is 3.72. The summed E-state index contributed by atoms with van der Waals surface area (Å²) in [5.74, 6) is 0.761. The molecule has 1 N–H and O–H groups in total. The maximum atomic E-state index is 11.6. The fraction of sp³-hybridized carbons (Fsp3) is 0.696. The van der Waals surface area contributed by atoms with Crippen LogP contribution in [0.3, 0.4) is 0 Å². The van der Waals surface area contributed by atoms with E-state index in [4.69, 9.17) is 32.4 Å². The van der Waals surface area contributed by atoms with Crippen LogP contribution in [-0.2, 0) is 9.16 Å². The number of methoxy groups -OCH3 is 1. The van der Waals surface area contributed by atoms with E-state index in [0.29, 0.717) is 16.7 Å². The molecule has 4 atom stereocenters. The van der Waals surface area contributed by atoms with Crippen molar-refractivity contribution >= 4 is 54.9 Å². The average molecular weight is 510 g/mol. The van der Waals surface area contributed by atoms with Gasteiger partial charge in [-0.25, -0.2) is 4.79 Å². The average Bonchev–Trinajstić information content (AvgIpc) is 3.24. The molecule has 0 amide bonds. The molecule has 0 aromatic carbocycles. The highest BCUT2D eigenvalue weighted by atomic mass is 35.5. The molecular weight excluding hydrogens is 471 g/mol. The Balaban J connectivity index is 0.00000151. The van der Waals surface area contributed by atoms with Crippen molar-refractivity contribution in [2.45, 2.75) is 64.8 Å². The van der Waals surface area contributed by atoms with Crippen molar-refractivity contribution in [3.63, 3.8) is 0 Å². The lowest BCUT2D eigenvalue weighted by molar-refractivity contribution is 0.0606. The molecular formula is C23H38Cl2O4SSi. The molecule has 1 aliphatic rings. The van der Waals surface area contributed by atoms with Crippen LogP contribution in [0.1, 0.15) is 55.1 Å². The monoisotopic (exact) mass is 508 g/mol. The Bertz CT molecular complexity index is 715. The molecule has 2 rings (SSSR count). The summed E-state index contributed by atoms with van der Waals surface area (Å²) in [5, 5.41) is 11.0. The topological polar surface area (TPSA) is 55.8 Å². The molecule has 1 fully saturated rings. The van der Waals surface area contributed by atoms with Crippen LogP contribution in [0.2, 0.25) is 18.1 Å². The second-order valence-electron chi connectivity index (χ2n) is 9.61. The van der Waals surface area contributed by atoms with Gasteiger partial charge in [-0.15, -0.1) is 34.5 Å². The number of carbonyl (C=O) groups is 1. The number of rotatable bonds is 7. The molecule has 0 unspecified atom stereocenters. The van der Waals surface area contributed by atoms with Crippen molar-refractivity contribution in [1.29, 1.82) is 0 Å². The van der Waals surface area contributed by atoms with Gasteiger partial charge in [0.1, 0.15) is 4.88 Å². The van der Waals surface area contributed by atoms with Gasteiger partial charge in [0.05, 0.1) is 18.6 Å². The lowest BCUT2D eigenvalue weighted by Crippen LogP contribution is -2.42. The van der Waals surface area contributed by atoms with Gasteiger partial charge in [-0.2, -0.15) is 0 Å². The van der Waals surface area contributed by atoms with Gasteiger partial charge in [0.25, 0.3) is 0 Å². The largest absolute Gasteiger partial charge is 0.465 e. The number of hydrogen-bond acceptors (Lipinski definition) is 5. The molecule has 0 spiro atoms. The number of thiophene rings is 1. The first kappa shape index (κ1) is 28.7. The second-order valence-corrected chi connectivity index (χ2v) is 16.3. The van der Waals surface area contributed by atoms with Crippen LogP contribution in [0.15, 0.2) is 18.2 Å². The quantitative estimate of drug-likeness (QED) is 0.244. The number of aliphatic hydroxyl groups excluding tert-OH is 1. The number of alkyl halides is 2. The van der Waals surface area contributed by atoms with Crippen molar-refractivity contribution in [1.82, 2.24) is 0 Å². The van der Waals surface area contributed by atoms with Crippen LogP contribution in [0.4, 0.5) is 0 Å². The predicted octanol–water partition coefficient (Wildman–Crippen LogP) is 7.01. The molecule has 178 valence electrons. The molecule has 1 aromatic heterocycles. The number of ether oxygens (including phenoxy) is 1. The molecule has 0 bridgehead atoms. The van der Waals surface area contributed by atoms with E-state index in [1.165, 1.54) is 18.4 Å². The van der Waals surface area contributed by atoms with Crippen LogP contribution in [0, 0.1) is 17.8 Å². The van der Waals surface area contributed by atoms with Gasteiger partial charge in [-0.1, -0.05) is 33.8 Å². The van der Waals surface area contributed by atoms with E-state index >= 15 is 0 Å². The molecule has 1 aliphatic carbocycles. The maximum absolute atomic E-state index is 11.6. The highest BCUT2D eigenvalue weighted by Crippen LogP contribution is 2.42. The summed E-state index contributed by atoms with van der Waals surface area (Å²) >= 11 is 11.0. The number of halogens is 2. The van der Waals surface area contributed by atoms with Crippen LogP contribution in [-0.4, -0.2) is 44.6 Å². The van der Waals surface area contributed by atoms with Gasteiger partial charge in [-0.05, 0) is 66.9 Å². The van der Waals surface area contributed by atoms with Gasteiger partial charge in [0, 0.05) is 11.5 Å². The third kappa shape index (κ3) is 8.48. The van der Waals surface area contributed by atoms with Gasteiger partial charge in [0.15, 0.2) is 8.32 Å². The number of allylic oxidation sites excluding steroid dienone is 1. The number of aliphatic hydroxyl groups is 1. The maximum Gasteiger partial charge on any atom is 0.348 e. The number of carbonyl (C=O) groups excluding carboxylic acids is 1. The van der Waals surface area contributed by atoms with E-state index in [-0.39, 0.29) is 28.4 Å². The Morgan fingerprint density at radius 3 is 2.45 bits per heavy atom. The highest BCUT2D eigenvalue weighted by Gasteiger charge is 2.43. The van der Waals surface area contributed by atoms with Gasteiger partial charge in [-0.3, -0.25) is 0 Å². The summed E-state index contributed by atoms with van der Waals surface area (Å²) in [5.41, 5.74) is 0. The van der Waals surface area contributed by atoms with Crippen LogP contribution < -0.4 is 0 Å². The lowest BCUT2D eigenvalue weighted by Gasteiger charge is -2.38. The zero-order chi connectivity index (χ0) is 23.8. The normalized spacial score (nSPS) is 24.2. The molecule has 1 aromatic rings. The fourth-order valence-corrected chi connectivity index (χ4v) is 5.47. The van der Waals surface area contributed by atoms with E-state index in [0.717, 1.165) is 24.3 Å². The zero-order valence-electron chi connectivity index (χ0n) is 19.8. The smallest absolute Gasteiger partial charge is 0.348 e. The van der Waals surface area contributed by atoms with E-state index < -0.39 is 8.32 Å². The lowest BCUT2D eigenvalue weighted by atomic mass is 9.88. The Kier molecular flexibility index (Phi) is 11.8. The summed E-state index contributed by atoms with van der Waals surface area (Å²) in [6.45, 7) is 14.3. The Labute approximate surface area is 203 Å². The van der Waals surface area contributed by atoms with E-state index in [1.807, 2.05) is 12.1 Å². The van der Waals surface area contributed by atoms with E-state index in [9.17, 15) is 9.90 Å². The van der Waals surface area contributed by atoms with Crippen molar-refractivity contribution < 1.29 is 19.1 Å². The minimum Gasteiger partial charge on any atom is -0.465 e. The minimum absolute atomic E-state index is 0.194. The summed E-state index contributed by atoms with van der Waals surface area (Å²) in [7, 11) is -0.396. The van der Waals surface area contributed by atoms with Crippen molar-refractivity contribution in [3.8, 4) is 0 Å². The van der Waals surface area contributed by atoms with Crippen LogP contribution >= 0.6 is 34.5 Å². The Morgan fingerprint density at radius 2 is 1.90 bits per heavy atom. The molecule has 1 saturated carbocycles. The summed E-state index contributed by atoms with van der Waals surface area (Å²) in [4.78, 5) is 13.2. The SMILES string of the molecule is COC(=O)c1ccc(C=CC[C@@H]2[C@@H](CO[Si](C)(C)C(C)(C)C)[C@H](C)C[C@@H]2O)s1.ClCCl. The molecule has 8 heteroatoms. The molecule has 4 nitrogen and oxygen atoms in total. The Morgan fingerprint density at radius 1 is 1.29 bits per heavy atom. The van der Waals surface area contributed by atoms with Crippen molar-refractivity contribution in [2.24, 2.45) is 17.8 Å². The second kappa shape index (κ2) is 12.8. The van der Waals surface area contributed by atoms with Crippen LogP contribution in [0.25, 0.3) is 6.08 Å². The van der Waals surface area contributed by atoms with Gasteiger partial charge >= 0.3 is 5.97 Å². The Hall–Kier alpha value is -0.373. The molecule has 0 radical (unpaired) electrons. The molecule has 0 aliphatic heterocycles. The van der Waals surface area contributed by atoms with E-state index in [1.54, 1.807) is 6.07 Å². The van der Waals surface area contributed by atoms with Crippen molar-refractivity contribution in [3.05, 3.63) is 28.0 Å². The van der Waals surface area contributed by atoms with Crippen molar-refractivity contribution in [2.75, 3.05) is 19.1 Å². The van der Waals surface area contributed by atoms with Gasteiger partial charge < -0.3 is 14.3 Å². The first-order chi connectivity index (χ1) is 14.4.